The molecule has 0 saturated carbocycles. The average molecular weight is 286 g/mol. The van der Waals surface area contributed by atoms with Gasteiger partial charge in [0.2, 0.25) is 0 Å². The zero-order chi connectivity index (χ0) is 14.9. The molecular formula is C16H18N2O3. The maximum atomic E-state index is 10.0. The van der Waals surface area contributed by atoms with Crippen LogP contribution in [0.15, 0.2) is 54.6 Å². The van der Waals surface area contributed by atoms with Crippen molar-refractivity contribution in [3.63, 3.8) is 0 Å². The number of carbonyl (C=O) groups excluding carboxylic acids is 1. The highest BCUT2D eigenvalue weighted by Crippen LogP contribution is 2.18. The van der Waals surface area contributed by atoms with Gasteiger partial charge in [-0.3, -0.25) is 4.79 Å². The summed E-state index contributed by atoms with van der Waals surface area (Å²) in [5.41, 5.74) is 2.90. The molecule has 3 N–H and O–H groups in total. The van der Waals surface area contributed by atoms with Gasteiger partial charge in [-0.2, -0.15) is 0 Å². The molecule has 0 aliphatic carbocycles. The summed E-state index contributed by atoms with van der Waals surface area (Å²) in [5.74, 6) is 0. The highest BCUT2D eigenvalue weighted by molar-refractivity contribution is 5.62. The number of hydrogen-bond donors (Lipinski definition) is 3. The molecule has 21 heavy (non-hydrogen) atoms. The van der Waals surface area contributed by atoms with Crippen LogP contribution in [0, 0.1) is 0 Å². The normalized spacial score (nSPS) is 11.5. The van der Waals surface area contributed by atoms with E-state index in [2.05, 4.69) is 15.4 Å². The SMILES string of the molecule is O=COCC(O)CNc1ccc(Nc2ccccc2)cc1. The van der Waals surface area contributed by atoms with Gasteiger partial charge >= 0.3 is 0 Å². The Bertz CT molecular complexity index is 543. The van der Waals surface area contributed by atoms with Gasteiger partial charge in [0.1, 0.15) is 12.7 Å². The number of benzene rings is 2. The monoisotopic (exact) mass is 286 g/mol. The fraction of sp³-hybridized carbons (Fsp3) is 0.188. The zero-order valence-electron chi connectivity index (χ0n) is 11.5. The van der Waals surface area contributed by atoms with E-state index in [1.54, 1.807) is 0 Å². The third-order valence-electron chi connectivity index (χ3n) is 2.85. The smallest absolute Gasteiger partial charge is 0.293 e. The maximum Gasteiger partial charge on any atom is 0.293 e. The Hall–Kier alpha value is -2.53. The molecule has 5 nitrogen and oxygen atoms in total. The summed E-state index contributed by atoms with van der Waals surface area (Å²) >= 11 is 0. The van der Waals surface area contributed by atoms with Gasteiger partial charge in [0.05, 0.1) is 0 Å². The molecule has 0 fully saturated rings. The Morgan fingerprint density at radius 3 is 2.29 bits per heavy atom. The Kier molecular flexibility index (Phi) is 5.60. The number of rotatable bonds is 8. The molecule has 1 unspecified atom stereocenters. The summed E-state index contributed by atoms with van der Waals surface area (Å²) in [6, 6.07) is 17.6. The minimum Gasteiger partial charge on any atom is -0.465 e. The number of aliphatic hydroxyl groups is 1. The van der Waals surface area contributed by atoms with Gasteiger partial charge in [0.25, 0.3) is 6.47 Å². The van der Waals surface area contributed by atoms with Crippen molar-refractivity contribution < 1.29 is 14.6 Å². The van der Waals surface area contributed by atoms with E-state index >= 15 is 0 Å². The van der Waals surface area contributed by atoms with Crippen LogP contribution in [0.4, 0.5) is 17.1 Å². The van der Waals surface area contributed by atoms with Crippen molar-refractivity contribution in [2.75, 3.05) is 23.8 Å². The van der Waals surface area contributed by atoms with E-state index in [0.717, 1.165) is 17.1 Å². The summed E-state index contributed by atoms with van der Waals surface area (Å²) < 4.78 is 4.49. The molecule has 2 rings (SSSR count). The van der Waals surface area contributed by atoms with E-state index in [9.17, 15) is 9.90 Å². The van der Waals surface area contributed by atoms with Crippen molar-refractivity contribution in [3.05, 3.63) is 54.6 Å². The molecule has 0 heterocycles. The van der Waals surface area contributed by atoms with Crippen molar-refractivity contribution in [3.8, 4) is 0 Å². The van der Waals surface area contributed by atoms with Crippen molar-refractivity contribution in [1.29, 1.82) is 0 Å². The van der Waals surface area contributed by atoms with Crippen molar-refractivity contribution in [2.45, 2.75) is 6.10 Å². The molecule has 0 bridgehead atoms. The summed E-state index contributed by atoms with van der Waals surface area (Å²) in [7, 11) is 0. The van der Waals surface area contributed by atoms with E-state index in [1.807, 2.05) is 54.6 Å². The van der Waals surface area contributed by atoms with E-state index in [0.29, 0.717) is 13.0 Å². The van der Waals surface area contributed by atoms with E-state index in [-0.39, 0.29) is 6.61 Å². The molecule has 0 aliphatic heterocycles. The number of aliphatic hydroxyl groups excluding tert-OH is 1. The zero-order valence-corrected chi connectivity index (χ0v) is 11.5. The molecule has 5 heteroatoms. The molecule has 2 aromatic rings. The maximum absolute atomic E-state index is 10.0. The van der Waals surface area contributed by atoms with Crippen LogP contribution in [-0.2, 0) is 9.53 Å². The van der Waals surface area contributed by atoms with Crippen LogP contribution in [0.1, 0.15) is 0 Å². The molecule has 0 saturated heterocycles. The summed E-state index contributed by atoms with van der Waals surface area (Å²) in [6.07, 6.45) is -0.725. The summed E-state index contributed by atoms with van der Waals surface area (Å²) in [4.78, 5) is 10.0. The minimum absolute atomic E-state index is 0.00978. The first kappa shape index (κ1) is 14.9. The Labute approximate surface area is 123 Å². The van der Waals surface area contributed by atoms with Crippen LogP contribution in [0.5, 0.6) is 0 Å². The largest absolute Gasteiger partial charge is 0.465 e. The number of carbonyl (C=O) groups is 1. The van der Waals surface area contributed by atoms with E-state index < -0.39 is 6.10 Å². The quantitative estimate of drug-likeness (QED) is 0.650. The highest BCUT2D eigenvalue weighted by Gasteiger charge is 2.04. The van der Waals surface area contributed by atoms with Crippen LogP contribution in [0.3, 0.4) is 0 Å². The van der Waals surface area contributed by atoms with E-state index in [1.165, 1.54) is 0 Å². The van der Waals surface area contributed by atoms with Crippen molar-refractivity contribution in [2.24, 2.45) is 0 Å². The molecule has 0 aliphatic rings. The van der Waals surface area contributed by atoms with Crippen LogP contribution < -0.4 is 10.6 Å². The molecule has 0 radical (unpaired) electrons. The first-order chi connectivity index (χ1) is 10.3. The lowest BCUT2D eigenvalue weighted by Gasteiger charge is -2.12. The topological polar surface area (TPSA) is 70.6 Å². The molecule has 1 atom stereocenters. The first-order valence-electron chi connectivity index (χ1n) is 6.67. The molecule has 0 amide bonds. The molecular weight excluding hydrogens is 268 g/mol. The molecule has 0 spiro atoms. The second-order valence-corrected chi connectivity index (χ2v) is 4.53. The van der Waals surface area contributed by atoms with Crippen LogP contribution in [-0.4, -0.2) is 30.8 Å². The summed E-state index contributed by atoms with van der Waals surface area (Å²) in [5, 5.41) is 15.9. The third kappa shape index (κ3) is 5.16. The van der Waals surface area contributed by atoms with Gasteiger partial charge < -0.3 is 20.5 Å². The number of ether oxygens (including phenoxy) is 1. The predicted octanol–water partition coefficient (Wildman–Crippen LogP) is 2.38. The van der Waals surface area contributed by atoms with Crippen LogP contribution in [0.2, 0.25) is 0 Å². The lowest BCUT2D eigenvalue weighted by Crippen LogP contribution is -2.24. The molecule has 0 aromatic heterocycles. The second-order valence-electron chi connectivity index (χ2n) is 4.53. The van der Waals surface area contributed by atoms with Gasteiger partial charge in [-0.1, -0.05) is 18.2 Å². The first-order valence-corrected chi connectivity index (χ1v) is 6.67. The minimum atomic E-state index is -0.725. The number of nitrogens with one attached hydrogen (secondary N) is 2. The van der Waals surface area contributed by atoms with Gasteiger partial charge in [0, 0.05) is 23.6 Å². The standard InChI is InChI=1S/C16H18N2O3/c19-12-21-11-16(20)10-17-13-6-8-15(9-7-13)18-14-4-2-1-3-5-14/h1-9,12,16-18,20H,10-11H2. The Morgan fingerprint density at radius 2 is 1.62 bits per heavy atom. The van der Waals surface area contributed by atoms with Crippen LogP contribution in [0.25, 0.3) is 0 Å². The highest BCUT2D eigenvalue weighted by atomic mass is 16.5. The van der Waals surface area contributed by atoms with Crippen molar-refractivity contribution >= 4 is 23.5 Å². The average Bonchev–Trinajstić information content (AvgIpc) is 2.53. The lowest BCUT2D eigenvalue weighted by molar-refractivity contribution is -0.131. The Balaban J connectivity index is 1.83. The van der Waals surface area contributed by atoms with Crippen LogP contribution >= 0.6 is 0 Å². The van der Waals surface area contributed by atoms with Crippen molar-refractivity contribution in [1.82, 2.24) is 0 Å². The van der Waals surface area contributed by atoms with E-state index in [4.69, 9.17) is 0 Å². The molecule has 110 valence electrons. The fourth-order valence-corrected chi connectivity index (χ4v) is 1.80. The van der Waals surface area contributed by atoms with Gasteiger partial charge in [-0.05, 0) is 36.4 Å². The summed E-state index contributed by atoms with van der Waals surface area (Å²) in [6.45, 7) is 0.636. The van der Waals surface area contributed by atoms with Gasteiger partial charge in [-0.15, -0.1) is 0 Å². The molecule has 2 aromatic carbocycles. The number of para-hydroxylation sites is 1. The number of anilines is 3. The second kappa shape index (κ2) is 7.91. The Morgan fingerprint density at radius 1 is 1.00 bits per heavy atom. The predicted molar refractivity (Wildman–Crippen MR) is 82.7 cm³/mol. The number of hydrogen-bond acceptors (Lipinski definition) is 5. The van der Waals surface area contributed by atoms with Gasteiger partial charge in [-0.25, -0.2) is 0 Å². The third-order valence-corrected chi connectivity index (χ3v) is 2.85. The van der Waals surface area contributed by atoms with Gasteiger partial charge in [0.15, 0.2) is 0 Å². The fourth-order valence-electron chi connectivity index (χ4n) is 1.80. The lowest BCUT2D eigenvalue weighted by atomic mass is 10.2.